The Hall–Kier alpha value is -2.71. The van der Waals surface area contributed by atoms with E-state index in [4.69, 9.17) is 5.73 Å². The first kappa shape index (κ1) is 16.7. The van der Waals surface area contributed by atoms with E-state index in [1.807, 2.05) is 0 Å². The lowest BCUT2D eigenvalue weighted by Gasteiger charge is -2.26. The van der Waals surface area contributed by atoms with Crippen molar-refractivity contribution in [3.63, 3.8) is 0 Å². The molecule has 2 aliphatic heterocycles. The first-order valence-corrected chi connectivity index (χ1v) is 8.72. The first-order valence-electron chi connectivity index (χ1n) is 7.84. The molecule has 4 rings (SSSR count). The van der Waals surface area contributed by atoms with Gasteiger partial charge < -0.3 is 15.7 Å². The van der Waals surface area contributed by atoms with E-state index in [9.17, 15) is 19.1 Å². The van der Waals surface area contributed by atoms with Crippen molar-refractivity contribution in [2.24, 2.45) is 10.7 Å². The van der Waals surface area contributed by atoms with Gasteiger partial charge in [0.2, 0.25) is 0 Å². The number of anilines is 1. The maximum absolute atomic E-state index is 13.1. The van der Waals surface area contributed by atoms with Gasteiger partial charge in [0.15, 0.2) is 10.8 Å². The predicted octanol–water partition coefficient (Wildman–Crippen LogP) is 1.52. The molecule has 0 aliphatic carbocycles. The smallest absolute Gasteiger partial charge is 0.265 e. The van der Waals surface area contributed by atoms with Crippen molar-refractivity contribution < 1.29 is 19.1 Å². The minimum Gasteiger partial charge on any atom is -0.378 e. The van der Waals surface area contributed by atoms with Gasteiger partial charge in [0.25, 0.3) is 11.8 Å². The number of aliphatic hydroxyl groups is 1. The quantitative estimate of drug-likeness (QED) is 0.853. The molecule has 2 aromatic carbocycles. The topological polar surface area (TPSA) is 96.0 Å². The summed E-state index contributed by atoms with van der Waals surface area (Å²) in [5, 5.41) is 10.2. The van der Waals surface area contributed by atoms with Crippen molar-refractivity contribution >= 4 is 34.4 Å². The van der Waals surface area contributed by atoms with Crippen LogP contribution in [0.2, 0.25) is 0 Å². The monoisotopic (exact) mass is 371 g/mol. The van der Waals surface area contributed by atoms with Crippen molar-refractivity contribution in [2.75, 3.05) is 4.90 Å². The van der Waals surface area contributed by atoms with Crippen molar-refractivity contribution in [3.8, 4) is 0 Å². The van der Waals surface area contributed by atoms with E-state index in [-0.39, 0.29) is 17.5 Å². The molecule has 0 saturated heterocycles. The first-order chi connectivity index (χ1) is 12.4. The highest BCUT2D eigenvalue weighted by atomic mass is 32.2. The molecule has 0 bridgehead atoms. The van der Waals surface area contributed by atoms with Gasteiger partial charge >= 0.3 is 0 Å². The van der Waals surface area contributed by atoms with Crippen molar-refractivity contribution in [1.82, 2.24) is 0 Å². The summed E-state index contributed by atoms with van der Waals surface area (Å²) in [7, 11) is 0. The number of nitrogens with zero attached hydrogens (tertiary/aromatic N) is 2. The molecular weight excluding hydrogens is 357 g/mol. The number of carbonyl (C=O) groups is 2. The summed E-state index contributed by atoms with van der Waals surface area (Å²) in [4.78, 5) is 30.3. The lowest BCUT2D eigenvalue weighted by atomic mass is 9.91. The third-order valence-electron chi connectivity index (χ3n) is 4.49. The molecule has 2 aromatic rings. The maximum atomic E-state index is 13.1. The van der Waals surface area contributed by atoms with Crippen molar-refractivity contribution in [2.45, 2.75) is 17.4 Å². The van der Waals surface area contributed by atoms with Crippen molar-refractivity contribution in [3.05, 3.63) is 65.5 Å². The van der Waals surface area contributed by atoms with E-state index >= 15 is 0 Å². The van der Waals surface area contributed by atoms with Gasteiger partial charge in [-0.2, -0.15) is 4.99 Å². The molecule has 2 aliphatic rings. The zero-order valence-corrected chi connectivity index (χ0v) is 14.2. The summed E-state index contributed by atoms with van der Waals surface area (Å²) < 4.78 is 13.1. The van der Waals surface area contributed by atoms with Gasteiger partial charge in [-0.3, -0.25) is 9.59 Å². The molecule has 26 heavy (non-hydrogen) atoms. The van der Waals surface area contributed by atoms with Crippen molar-refractivity contribution in [1.29, 1.82) is 0 Å². The number of rotatable bonds is 3. The number of halogens is 1. The average molecular weight is 371 g/mol. The summed E-state index contributed by atoms with van der Waals surface area (Å²) in [5.41, 5.74) is 5.08. The highest BCUT2D eigenvalue weighted by molar-refractivity contribution is 8.15. The number of benzene rings is 2. The lowest BCUT2D eigenvalue weighted by molar-refractivity contribution is -0.140. The van der Waals surface area contributed by atoms with Gasteiger partial charge in [-0.1, -0.05) is 42.1 Å². The number of amidine groups is 1. The number of hydrogen-bond acceptors (Lipinski definition) is 5. The second kappa shape index (κ2) is 5.93. The van der Waals surface area contributed by atoms with E-state index < -0.39 is 22.7 Å². The number of para-hydroxylation sites is 1. The number of aliphatic imine (C=N–C) groups is 1. The highest BCUT2D eigenvalue weighted by Gasteiger charge is 2.59. The number of thioether (sulfide) groups is 1. The van der Waals surface area contributed by atoms with E-state index in [1.54, 1.807) is 36.4 Å². The minimum atomic E-state index is -2.05. The molecule has 0 unspecified atom stereocenters. The maximum Gasteiger partial charge on any atom is 0.265 e. The molecular formula is C18H14FN3O3S. The van der Waals surface area contributed by atoms with Gasteiger partial charge in [-0.25, -0.2) is 4.39 Å². The summed E-state index contributed by atoms with van der Waals surface area (Å²) in [5.74, 6) is -1.64. The molecule has 2 heterocycles. The Bertz CT molecular complexity index is 947. The molecule has 0 spiro atoms. The van der Waals surface area contributed by atoms with Gasteiger partial charge in [-0.05, 0) is 23.8 Å². The molecule has 8 heteroatoms. The number of nitrogens with two attached hydrogens (primary N) is 1. The third-order valence-corrected chi connectivity index (χ3v) is 5.60. The SMILES string of the molecule is NC1=NC(=O)[C@@H]([C@@]2(O)C(=O)N(Cc3ccc(F)cc3)c3ccccc32)S1. The molecule has 0 aromatic heterocycles. The minimum absolute atomic E-state index is 0.0238. The van der Waals surface area contributed by atoms with Gasteiger partial charge in [-0.15, -0.1) is 0 Å². The standard InChI is InChI=1S/C18H14FN3O3S/c19-11-7-5-10(6-8-11)9-22-13-4-2-1-3-12(13)18(25,16(22)24)14-15(23)21-17(20)26-14/h1-8,14,25H,9H2,(H2,20,21,23)/t14-,18+/m0/s1. The van der Waals surface area contributed by atoms with E-state index in [1.165, 1.54) is 17.0 Å². The molecule has 0 radical (unpaired) electrons. The number of fused-ring (bicyclic) bond motifs is 1. The van der Waals surface area contributed by atoms with Gasteiger partial charge in [0, 0.05) is 5.56 Å². The number of amides is 2. The van der Waals surface area contributed by atoms with Crippen LogP contribution in [0.15, 0.2) is 53.5 Å². The predicted molar refractivity (Wildman–Crippen MR) is 95.9 cm³/mol. The van der Waals surface area contributed by atoms with E-state index in [0.717, 1.165) is 11.8 Å². The van der Waals surface area contributed by atoms with Crippen LogP contribution in [0.25, 0.3) is 0 Å². The normalized spacial score (nSPS) is 24.8. The molecule has 0 saturated carbocycles. The Morgan fingerprint density at radius 2 is 1.88 bits per heavy atom. The second-order valence-corrected chi connectivity index (χ2v) is 7.21. The Morgan fingerprint density at radius 1 is 1.19 bits per heavy atom. The second-order valence-electron chi connectivity index (χ2n) is 6.09. The molecule has 2 amide bonds. The summed E-state index contributed by atoms with van der Waals surface area (Å²) in [6.45, 7) is 0.139. The Kier molecular flexibility index (Phi) is 3.82. The van der Waals surface area contributed by atoms with E-state index in [2.05, 4.69) is 4.99 Å². The third kappa shape index (κ3) is 2.41. The van der Waals surface area contributed by atoms with Crippen LogP contribution >= 0.6 is 11.8 Å². The molecule has 0 fully saturated rings. The van der Waals surface area contributed by atoms with Gasteiger partial charge in [0.1, 0.15) is 11.1 Å². The number of hydrogen-bond donors (Lipinski definition) is 2. The van der Waals surface area contributed by atoms with Crippen LogP contribution in [0.3, 0.4) is 0 Å². The lowest BCUT2D eigenvalue weighted by Crippen LogP contribution is -2.49. The van der Waals surface area contributed by atoms with Crippen LogP contribution in [0, 0.1) is 5.82 Å². The largest absolute Gasteiger partial charge is 0.378 e. The van der Waals surface area contributed by atoms with Crippen LogP contribution in [0.4, 0.5) is 10.1 Å². The summed E-state index contributed by atoms with van der Waals surface area (Å²) >= 11 is 0.879. The molecule has 132 valence electrons. The van der Waals surface area contributed by atoms with E-state index in [0.29, 0.717) is 16.8 Å². The zero-order valence-electron chi connectivity index (χ0n) is 13.4. The fraction of sp³-hybridized carbons (Fsp3) is 0.167. The highest BCUT2D eigenvalue weighted by Crippen LogP contribution is 2.47. The zero-order chi connectivity index (χ0) is 18.5. The Balaban J connectivity index is 1.75. The fourth-order valence-corrected chi connectivity index (χ4v) is 4.21. The van der Waals surface area contributed by atoms with Crippen LogP contribution in [-0.4, -0.2) is 27.3 Å². The summed E-state index contributed by atoms with van der Waals surface area (Å²) in [6.07, 6.45) is 0. The summed E-state index contributed by atoms with van der Waals surface area (Å²) in [6, 6.07) is 12.5. The van der Waals surface area contributed by atoms with Crippen LogP contribution in [0.5, 0.6) is 0 Å². The number of carbonyl (C=O) groups excluding carboxylic acids is 2. The Labute approximate surface area is 152 Å². The molecule has 2 atom stereocenters. The average Bonchev–Trinajstić information content (AvgIpc) is 3.08. The molecule has 6 nitrogen and oxygen atoms in total. The van der Waals surface area contributed by atoms with Crippen LogP contribution in [0.1, 0.15) is 11.1 Å². The molecule has 3 N–H and O–H groups in total. The Morgan fingerprint density at radius 3 is 2.54 bits per heavy atom. The van der Waals surface area contributed by atoms with Crippen LogP contribution in [-0.2, 0) is 21.7 Å². The van der Waals surface area contributed by atoms with Gasteiger partial charge in [0.05, 0.1) is 12.2 Å². The van der Waals surface area contributed by atoms with Crippen LogP contribution < -0.4 is 10.6 Å². The fourth-order valence-electron chi connectivity index (χ4n) is 3.27.